The lowest BCUT2D eigenvalue weighted by Gasteiger charge is -2.15. The van der Waals surface area contributed by atoms with Crippen LogP contribution < -0.4 is 11.3 Å². The topological polar surface area (TPSA) is 55.3 Å². The van der Waals surface area contributed by atoms with Gasteiger partial charge in [0.2, 0.25) is 0 Å². The number of nitrogens with one attached hydrogen (secondary N) is 1. The summed E-state index contributed by atoms with van der Waals surface area (Å²) in [6, 6.07) is 14.3. The summed E-state index contributed by atoms with van der Waals surface area (Å²) < 4.78 is 1.86. The molecular weight excluding hydrogens is 236 g/mol. The first-order valence-corrected chi connectivity index (χ1v) is 6.24. The highest BCUT2D eigenvalue weighted by Crippen LogP contribution is 2.25. The fourth-order valence-corrected chi connectivity index (χ4v) is 2.30. The maximum absolute atomic E-state index is 5.74. The first-order chi connectivity index (χ1) is 9.29. The van der Waals surface area contributed by atoms with Crippen LogP contribution in [-0.4, -0.2) is 9.61 Å². The van der Waals surface area contributed by atoms with Crippen LogP contribution in [0.3, 0.4) is 0 Å². The van der Waals surface area contributed by atoms with E-state index in [2.05, 4.69) is 41.7 Å². The molecule has 96 valence electrons. The minimum absolute atomic E-state index is 0.0551. The summed E-state index contributed by atoms with van der Waals surface area (Å²) in [4.78, 5) is 0. The van der Waals surface area contributed by atoms with Crippen LogP contribution in [0.15, 0.2) is 54.9 Å². The number of hydrazine groups is 1. The summed E-state index contributed by atoms with van der Waals surface area (Å²) in [7, 11) is 0. The zero-order valence-electron chi connectivity index (χ0n) is 10.7. The maximum Gasteiger partial charge on any atom is 0.0747 e. The van der Waals surface area contributed by atoms with Gasteiger partial charge in [-0.15, -0.1) is 0 Å². The maximum atomic E-state index is 5.74. The normalized spacial score (nSPS) is 12.7. The van der Waals surface area contributed by atoms with E-state index in [-0.39, 0.29) is 6.04 Å². The number of aryl methyl sites for hydroxylation is 1. The second-order valence-corrected chi connectivity index (χ2v) is 4.64. The lowest BCUT2D eigenvalue weighted by atomic mass is 9.99. The quantitative estimate of drug-likeness (QED) is 0.555. The van der Waals surface area contributed by atoms with E-state index >= 15 is 0 Å². The fraction of sp³-hybridized carbons (Fsp3) is 0.133. The Bertz CT molecular complexity index is 685. The molecule has 0 fully saturated rings. The average molecular weight is 252 g/mol. The smallest absolute Gasteiger partial charge is 0.0747 e. The molecule has 1 atom stereocenters. The van der Waals surface area contributed by atoms with Gasteiger partial charge in [-0.05, 0) is 24.6 Å². The van der Waals surface area contributed by atoms with Crippen molar-refractivity contribution in [2.75, 3.05) is 0 Å². The van der Waals surface area contributed by atoms with Crippen molar-refractivity contribution >= 4 is 5.52 Å². The van der Waals surface area contributed by atoms with Gasteiger partial charge in [0.05, 0.1) is 17.8 Å². The summed E-state index contributed by atoms with van der Waals surface area (Å²) in [6.07, 6.45) is 3.79. The number of nitrogens with zero attached hydrogens (tertiary/aromatic N) is 2. The van der Waals surface area contributed by atoms with Crippen molar-refractivity contribution in [1.29, 1.82) is 0 Å². The molecule has 1 unspecified atom stereocenters. The predicted octanol–water partition coefficient (Wildman–Crippen LogP) is 2.20. The molecule has 0 amide bonds. The minimum atomic E-state index is -0.0551. The highest BCUT2D eigenvalue weighted by molar-refractivity contribution is 5.57. The number of aromatic nitrogens is 2. The van der Waals surface area contributed by atoms with Crippen molar-refractivity contribution in [1.82, 2.24) is 15.0 Å². The Balaban J connectivity index is 2.09. The van der Waals surface area contributed by atoms with Crippen LogP contribution in [0.2, 0.25) is 0 Å². The number of nitrogens with two attached hydrogens (primary N) is 1. The molecule has 0 saturated carbocycles. The molecule has 1 aromatic carbocycles. The molecule has 19 heavy (non-hydrogen) atoms. The van der Waals surface area contributed by atoms with E-state index in [1.165, 1.54) is 5.56 Å². The van der Waals surface area contributed by atoms with Gasteiger partial charge in [-0.1, -0.05) is 35.9 Å². The Hall–Kier alpha value is -2.17. The Morgan fingerprint density at radius 2 is 1.95 bits per heavy atom. The highest BCUT2D eigenvalue weighted by Gasteiger charge is 2.16. The highest BCUT2D eigenvalue weighted by atomic mass is 15.3. The number of rotatable bonds is 3. The molecule has 0 aliphatic carbocycles. The minimum Gasteiger partial charge on any atom is -0.271 e. The van der Waals surface area contributed by atoms with E-state index in [1.807, 2.05) is 35.1 Å². The molecule has 4 heteroatoms. The molecular formula is C15H16N4. The molecule has 3 aromatic rings. The molecule has 0 aliphatic rings. The molecule has 2 aromatic heterocycles. The van der Waals surface area contributed by atoms with Crippen molar-refractivity contribution in [2.24, 2.45) is 5.84 Å². The summed E-state index contributed by atoms with van der Waals surface area (Å²) in [5.74, 6) is 5.74. The van der Waals surface area contributed by atoms with Gasteiger partial charge in [0.1, 0.15) is 0 Å². The van der Waals surface area contributed by atoms with Gasteiger partial charge in [-0.2, -0.15) is 5.10 Å². The predicted molar refractivity (Wildman–Crippen MR) is 75.5 cm³/mol. The van der Waals surface area contributed by atoms with Crippen LogP contribution in [-0.2, 0) is 0 Å². The van der Waals surface area contributed by atoms with Gasteiger partial charge in [-0.3, -0.25) is 5.84 Å². The Labute approximate surface area is 111 Å². The van der Waals surface area contributed by atoms with Crippen LogP contribution in [0.25, 0.3) is 5.52 Å². The van der Waals surface area contributed by atoms with Crippen molar-refractivity contribution < 1.29 is 0 Å². The van der Waals surface area contributed by atoms with Crippen molar-refractivity contribution in [2.45, 2.75) is 13.0 Å². The summed E-state index contributed by atoms with van der Waals surface area (Å²) in [5, 5.41) is 4.35. The molecule has 4 nitrogen and oxygen atoms in total. The standard InChI is InChI=1S/C15H16N4/c1-11-5-7-12(8-6-11)15(18-16)13-10-17-19-9-3-2-4-14(13)19/h2-10,15,18H,16H2,1H3. The first-order valence-electron chi connectivity index (χ1n) is 6.24. The Morgan fingerprint density at radius 3 is 2.68 bits per heavy atom. The van der Waals surface area contributed by atoms with Crippen LogP contribution in [0, 0.1) is 6.92 Å². The number of pyridine rings is 1. The second-order valence-electron chi connectivity index (χ2n) is 4.64. The molecule has 0 saturated heterocycles. The van der Waals surface area contributed by atoms with Crippen LogP contribution in [0.1, 0.15) is 22.7 Å². The molecule has 0 spiro atoms. The van der Waals surface area contributed by atoms with Gasteiger partial charge in [0.15, 0.2) is 0 Å². The number of fused-ring (bicyclic) bond motifs is 1. The van der Waals surface area contributed by atoms with Gasteiger partial charge in [0.25, 0.3) is 0 Å². The molecule has 0 radical (unpaired) electrons. The molecule has 0 aliphatic heterocycles. The summed E-state index contributed by atoms with van der Waals surface area (Å²) >= 11 is 0. The lowest BCUT2D eigenvalue weighted by molar-refractivity contribution is 0.640. The third-order valence-corrected chi connectivity index (χ3v) is 3.34. The van der Waals surface area contributed by atoms with E-state index in [4.69, 9.17) is 5.84 Å². The molecule has 2 heterocycles. The zero-order chi connectivity index (χ0) is 13.2. The molecule has 0 bridgehead atoms. The fourth-order valence-electron chi connectivity index (χ4n) is 2.30. The van der Waals surface area contributed by atoms with Crippen molar-refractivity contribution in [3.05, 3.63) is 71.5 Å². The average Bonchev–Trinajstić information content (AvgIpc) is 2.86. The van der Waals surface area contributed by atoms with Gasteiger partial charge in [-0.25, -0.2) is 9.94 Å². The molecule has 3 N–H and O–H groups in total. The Morgan fingerprint density at radius 1 is 1.16 bits per heavy atom. The SMILES string of the molecule is Cc1ccc(C(NN)c2cnn3ccccc23)cc1. The van der Waals surface area contributed by atoms with E-state index < -0.39 is 0 Å². The number of hydrogen-bond acceptors (Lipinski definition) is 3. The zero-order valence-corrected chi connectivity index (χ0v) is 10.7. The van der Waals surface area contributed by atoms with Crippen molar-refractivity contribution in [3.8, 4) is 0 Å². The van der Waals surface area contributed by atoms with E-state index in [1.54, 1.807) is 0 Å². The molecule has 3 rings (SSSR count). The lowest BCUT2D eigenvalue weighted by Crippen LogP contribution is -2.28. The first kappa shape index (κ1) is 11.9. The van der Waals surface area contributed by atoms with Gasteiger partial charge < -0.3 is 0 Å². The van der Waals surface area contributed by atoms with E-state index in [0.717, 1.165) is 16.6 Å². The second kappa shape index (κ2) is 4.84. The van der Waals surface area contributed by atoms with Crippen LogP contribution in [0.4, 0.5) is 0 Å². The van der Waals surface area contributed by atoms with E-state index in [0.29, 0.717) is 0 Å². The van der Waals surface area contributed by atoms with E-state index in [9.17, 15) is 0 Å². The van der Waals surface area contributed by atoms with Gasteiger partial charge in [0, 0.05) is 11.8 Å². The third-order valence-electron chi connectivity index (χ3n) is 3.34. The monoisotopic (exact) mass is 252 g/mol. The number of benzene rings is 1. The Kier molecular flexibility index (Phi) is 3.03. The van der Waals surface area contributed by atoms with Crippen molar-refractivity contribution in [3.63, 3.8) is 0 Å². The number of hydrogen-bond donors (Lipinski definition) is 2. The van der Waals surface area contributed by atoms with Gasteiger partial charge >= 0.3 is 0 Å². The van der Waals surface area contributed by atoms with Crippen LogP contribution in [0.5, 0.6) is 0 Å². The summed E-state index contributed by atoms with van der Waals surface area (Å²) in [6.45, 7) is 2.07. The largest absolute Gasteiger partial charge is 0.271 e. The van der Waals surface area contributed by atoms with Crippen LogP contribution >= 0.6 is 0 Å². The summed E-state index contributed by atoms with van der Waals surface area (Å²) in [5.41, 5.74) is 7.38. The third kappa shape index (κ3) is 2.12.